The van der Waals surface area contributed by atoms with Gasteiger partial charge in [-0.2, -0.15) is 0 Å². The number of hydrogen-bond acceptors (Lipinski definition) is 10. The SMILES string of the molecule is CCC.CCC.CCCN(C(=O)CNC(=O)OC)C(C)c1ncc(-c2ccc(-c3ccc4nc(NC(=O)[C@@H]5CCCN5C(=O)CNC(=O)OC)sc4c3)cc2)[nH]1. The molecule has 0 spiro atoms. The zero-order valence-corrected chi connectivity index (χ0v) is 34.5. The number of aromatic amines is 1. The summed E-state index contributed by atoms with van der Waals surface area (Å²) in [7, 11) is 2.46. The van der Waals surface area contributed by atoms with Crippen molar-refractivity contribution in [2.24, 2.45) is 0 Å². The standard InChI is InChI=1S/C34H40N8O7S.2C3H8/c1-5-14-41(28(43)18-36-33(46)48-3)20(2)30-35-17-25(38-30)22-10-8-21(9-11-22)23-12-13-24-27(16-23)50-32(39-24)40-31(45)26-7-6-15-42(26)29(44)19-37-34(47)49-4;2*1-3-2/h8-13,16-17,20,26H,5-7,14-15,18-19H2,1-4H3,(H,35,38)(H,36,46)(H,37,47)(H,39,40,45);2*3H2,1-2H3/t20?,26-;;/m0../s1. The molecule has 56 heavy (non-hydrogen) atoms. The monoisotopic (exact) mass is 792 g/mol. The lowest BCUT2D eigenvalue weighted by Gasteiger charge is -2.27. The van der Waals surface area contributed by atoms with E-state index in [2.05, 4.69) is 68.1 Å². The number of hydrogen-bond donors (Lipinski definition) is 4. The normalized spacial score (nSPS) is 13.6. The van der Waals surface area contributed by atoms with Crippen LogP contribution in [0.2, 0.25) is 0 Å². The maximum absolute atomic E-state index is 13.1. The van der Waals surface area contributed by atoms with Crippen LogP contribution in [0.1, 0.15) is 85.5 Å². The molecule has 15 nitrogen and oxygen atoms in total. The summed E-state index contributed by atoms with van der Waals surface area (Å²) in [6.07, 6.45) is 4.81. The highest BCUT2D eigenvalue weighted by Crippen LogP contribution is 2.32. The Hall–Kier alpha value is -5.51. The first kappa shape index (κ1) is 44.9. The fraction of sp³-hybridized carbons (Fsp3) is 0.475. The molecule has 2 aromatic heterocycles. The number of fused-ring (bicyclic) bond motifs is 1. The minimum atomic E-state index is -0.709. The Bertz CT molecular complexity index is 1890. The minimum Gasteiger partial charge on any atom is -0.453 e. The second-order valence-corrected chi connectivity index (χ2v) is 14.1. The molecule has 5 rings (SSSR count). The Morgan fingerprint density at radius 1 is 0.911 bits per heavy atom. The number of H-pyrrole nitrogens is 1. The smallest absolute Gasteiger partial charge is 0.407 e. The number of methoxy groups -OCH3 is 2. The summed E-state index contributed by atoms with van der Waals surface area (Å²) in [5.41, 5.74) is 4.43. The number of nitrogens with zero attached hydrogens (tertiary/aromatic N) is 4. The van der Waals surface area contributed by atoms with Gasteiger partial charge in [0.15, 0.2) is 5.13 Å². The molecule has 4 aromatic rings. The molecule has 16 heteroatoms. The lowest BCUT2D eigenvalue weighted by atomic mass is 10.0. The summed E-state index contributed by atoms with van der Waals surface area (Å²) >= 11 is 1.35. The maximum Gasteiger partial charge on any atom is 0.407 e. The summed E-state index contributed by atoms with van der Waals surface area (Å²) < 4.78 is 9.97. The first-order valence-corrected chi connectivity index (χ1v) is 19.9. The predicted octanol–water partition coefficient (Wildman–Crippen LogP) is 7.13. The summed E-state index contributed by atoms with van der Waals surface area (Å²) in [5, 5.41) is 8.12. The number of carbonyl (C=O) groups is 5. The molecule has 0 saturated carbocycles. The number of amides is 5. The van der Waals surface area contributed by atoms with Crippen molar-refractivity contribution in [3.8, 4) is 22.4 Å². The van der Waals surface area contributed by atoms with E-state index in [0.29, 0.717) is 36.9 Å². The van der Waals surface area contributed by atoms with Gasteiger partial charge in [0.05, 0.1) is 42.4 Å². The summed E-state index contributed by atoms with van der Waals surface area (Å²) in [6, 6.07) is 12.9. The average molecular weight is 793 g/mol. The van der Waals surface area contributed by atoms with Crippen molar-refractivity contribution in [1.82, 2.24) is 35.4 Å². The van der Waals surface area contributed by atoms with Gasteiger partial charge >= 0.3 is 12.2 Å². The van der Waals surface area contributed by atoms with Gasteiger partial charge in [-0.25, -0.2) is 19.6 Å². The minimum absolute atomic E-state index is 0.171. The molecule has 1 fully saturated rings. The average Bonchev–Trinajstić information content (AvgIpc) is 3.98. The molecule has 2 atom stereocenters. The highest BCUT2D eigenvalue weighted by molar-refractivity contribution is 7.22. The first-order valence-electron chi connectivity index (χ1n) is 19.0. The molecule has 0 bridgehead atoms. The number of imidazole rings is 1. The van der Waals surface area contributed by atoms with Crippen LogP contribution >= 0.6 is 11.3 Å². The van der Waals surface area contributed by atoms with Gasteiger partial charge in [-0.15, -0.1) is 0 Å². The van der Waals surface area contributed by atoms with Crippen molar-refractivity contribution in [3.63, 3.8) is 0 Å². The maximum atomic E-state index is 13.1. The highest BCUT2D eigenvalue weighted by Gasteiger charge is 2.34. The van der Waals surface area contributed by atoms with E-state index in [1.807, 2.05) is 56.3 Å². The van der Waals surface area contributed by atoms with Gasteiger partial charge in [-0.1, -0.05) is 89.1 Å². The Labute approximate surface area is 332 Å². The topological polar surface area (TPSA) is 188 Å². The van der Waals surface area contributed by atoms with E-state index in [4.69, 9.17) is 0 Å². The molecule has 1 saturated heterocycles. The predicted molar refractivity (Wildman–Crippen MR) is 219 cm³/mol. The van der Waals surface area contributed by atoms with E-state index in [-0.39, 0.29) is 36.9 Å². The second kappa shape index (κ2) is 22.8. The van der Waals surface area contributed by atoms with Gasteiger partial charge in [0.1, 0.15) is 25.0 Å². The molecular weight excluding hydrogens is 737 g/mol. The van der Waals surface area contributed by atoms with Crippen LogP contribution < -0.4 is 16.0 Å². The lowest BCUT2D eigenvalue weighted by Crippen LogP contribution is -2.47. The summed E-state index contributed by atoms with van der Waals surface area (Å²) in [5.74, 6) is -0.281. The number of carbonyl (C=O) groups excluding carboxylic acids is 5. The number of rotatable bonds is 12. The quantitative estimate of drug-likeness (QED) is 0.116. The van der Waals surface area contributed by atoms with Crippen LogP contribution in [0.3, 0.4) is 0 Å². The van der Waals surface area contributed by atoms with Gasteiger partial charge in [0.2, 0.25) is 17.7 Å². The van der Waals surface area contributed by atoms with Crippen molar-refractivity contribution in [1.29, 1.82) is 0 Å². The van der Waals surface area contributed by atoms with Crippen LogP contribution in [0.4, 0.5) is 14.7 Å². The highest BCUT2D eigenvalue weighted by atomic mass is 32.1. The number of anilines is 1. The summed E-state index contributed by atoms with van der Waals surface area (Å²) in [4.78, 5) is 77.0. The fourth-order valence-electron chi connectivity index (χ4n) is 5.79. The Balaban J connectivity index is 0.00000132. The second-order valence-electron chi connectivity index (χ2n) is 13.1. The first-order chi connectivity index (χ1) is 26.9. The third-order valence-electron chi connectivity index (χ3n) is 8.41. The van der Waals surface area contributed by atoms with E-state index in [0.717, 1.165) is 39.0 Å². The molecule has 1 unspecified atom stereocenters. The number of benzene rings is 2. The van der Waals surface area contributed by atoms with Crippen LogP contribution in [0.5, 0.6) is 0 Å². The zero-order chi connectivity index (χ0) is 41.2. The van der Waals surface area contributed by atoms with Crippen LogP contribution in [-0.4, -0.2) is 101 Å². The molecule has 304 valence electrons. The van der Waals surface area contributed by atoms with Crippen molar-refractivity contribution in [3.05, 3.63) is 54.5 Å². The molecule has 0 aliphatic carbocycles. The van der Waals surface area contributed by atoms with Crippen molar-refractivity contribution in [2.75, 3.05) is 45.7 Å². The van der Waals surface area contributed by atoms with Gasteiger partial charge in [-0.3, -0.25) is 14.4 Å². The number of likely N-dealkylation sites (tertiary alicyclic amines) is 1. The van der Waals surface area contributed by atoms with E-state index in [9.17, 15) is 24.0 Å². The molecule has 1 aliphatic rings. The van der Waals surface area contributed by atoms with Gasteiger partial charge < -0.3 is 40.2 Å². The summed E-state index contributed by atoms with van der Waals surface area (Å²) in [6.45, 7) is 12.9. The van der Waals surface area contributed by atoms with E-state index in [1.165, 1.54) is 43.3 Å². The van der Waals surface area contributed by atoms with Crippen LogP contribution in [0.15, 0.2) is 48.7 Å². The molecule has 1 aliphatic heterocycles. The number of thiazole rings is 1. The molecular formula is C40H56N8O7S. The molecule has 3 heterocycles. The molecule has 0 radical (unpaired) electrons. The van der Waals surface area contributed by atoms with E-state index >= 15 is 0 Å². The zero-order valence-electron chi connectivity index (χ0n) is 33.7. The fourth-order valence-corrected chi connectivity index (χ4v) is 6.70. The van der Waals surface area contributed by atoms with Crippen LogP contribution in [0.25, 0.3) is 32.6 Å². The molecule has 2 aromatic carbocycles. The van der Waals surface area contributed by atoms with Gasteiger partial charge in [0.25, 0.3) is 0 Å². The third kappa shape index (κ3) is 12.5. The number of nitrogens with one attached hydrogen (secondary N) is 4. The Morgan fingerprint density at radius 3 is 2.14 bits per heavy atom. The third-order valence-corrected chi connectivity index (χ3v) is 9.34. The van der Waals surface area contributed by atoms with Crippen molar-refractivity contribution < 1.29 is 33.4 Å². The van der Waals surface area contributed by atoms with Crippen molar-refractivity contribution in [2.45, 2.75) is 85.7 Å². The molecule has 4 N–H and O–H groups in total. The Morgan fingerprint density at radius 2 is 1.52 bits per heavy atom. The van der Waals surface area contributed by atoms with E-state index in [1.54, 1.807) is 11.1 Å². The lowest BCUT2D eigenvalue weighted by molar-refractivity contribution is -0.135. The van der Waals surface area contributed by atoms with Gasteiger partial charge in [0, 0.05) is 13.1 Å². The van der Waals surface area contributed by atoms with Crippen molar-refractivity contribution >= 4 is 56.6 Å². The van der Waals surface area contributed by atoms with Gasteiger partial charge in [-0.05, 0) is 55.0 Å². The van der Waals surface area contributed by atoms with Crippen LogP contribution in [0, 0.1) is 0 Å². The molecule has 5 amide bonds. The number of alkyl carbamates (subject to hydrolysis) is 2. The largest absolute Gasteiger partial charge is 0.453 e. The van der Waals surface area contributed by atoms with E-state index < -0.39 is 18.2 Å². The Kier molecular flexibility index (Phi) is 18.2. The number of aromatic nitrogens is 3. The van der Waals surface area contributed by atoms with Crippen LogP contribution in [-0.2, 0) is 23.9 Å². The number of ether oxygens (including phenoxy) is 2.